The van der Waals surface area contributed by atoms with E-state index in [4.69, 9.17) is 9.57 Å². The minimum atomic E-state index is -4.40. The molecular formula is C20H19F4NO2. The van der Waals surface area contributed by atoms with Gasteiger partial charge < -0.3 is 9.57 Å². The standard InChI is InChI=1S/C20H19F4NO2/c1-13(18-12-19(18)14-5-7-16(21)8-6-14)25-27-10-9-26-17-4-2-3-15(11-17)20(22,23)24/h2-8,11,18-19H,9-10,12H2,1H3. The normalized spacial score (nSPS) is 19.7. The average molecular weight is 381 g/mol. The van der Waals surface area contributed by atoms with Crippen LogP contribution < -0.4 is 4.74 Å². The minimum absolute atomic E-state index is 0.0874. The van der Waals surface area contributed by atoms with Crippen LogP contribution in [0.2, 0.25) is 0 Å². The van der Waals surface area contributed by atoms with Crippen LogP contribution in [0.15, 0.2) is 53.7 Å². The summed E-state index contributed by atoms with van der Waals surface area (Å²) in [5, 5.41) is 4.05. The van der Waals surface area contributed by atoms with Crippen molar-refractivity contribution in [2.75, 3.05) is 13.2 Å². The van der Waals surface area contributed by atoms with E-state index < -0.39 is 11.7 Å². The predicted molar refractivity (Wildman–Crippen MR) is 93.2 cm³/mol. The number of oxime groups is 1. The van der Waals surface area contributed by atoms with Crippen molar-refractivity contribution in [1.29, 1.82) is 0 Å². The Morgan fingerprint density at radius 1 is 1.11 bits per heavy atom. The molecule has 2 aromatic carbocycles. The molecule has 0 saturated heterocycles. The molecule has 0 heterocycles. The highest BCUT2D eigenvalue weighted by atomic mass is 19.4. The SMILES string of the molecule is CC(=NOCCOc1cccc(C(F)(F)F)c1)C1CC1c1ccc(F)cc1. The van der Waals surface area contributed by atoms with Gasteiger partial charge in [0.05, 0.1) is 11.3 Å². The smallest absolute Gasteiger partial charge is 0.416 e. The Kier molecular flexibility index (Phi) is 5.68. The lowest BCUT2D eigenvalue weighted by Gasteiger charge is -2.10. The number of rotatable bonds is 7. The van der Waals surface area contributed by atoms with Crippen LogP contribution in [0.3, 0.4) is 0 Å². The summed E-state index contributed by atoms with van der Waals surface area (Å²) in [6, 6.07) is 11.1. The van der Waals surface area contributed by atoms with Crippen molar-refractivity contribution >= 4 is 5.71 Å². The Morgan fingerprint density at radius 2 is 1.85 bits per heavy atom. The summed E-state index contributed by atoms with van der Waals surface area (Å²) in [5.74, 6) is 0.456. The van der Waals surface area contributed by atoms with Crippen molar-refractivity contribution in [2.45, 2.75) is 25.4 Å². The van der Waals surface area contributed by atoms with Crippen LogP contribution in [0, 0.1) is 11.7 Å². The highest BCUT2D eigenvalue weighted by Gasteiger charge is 2.40. The van der Waals surface area contributed by atoms with Crippen LogP contribution in [0.25, 0.3) is 0 Å². The zero-order valence-electron chi connectivity index (χ0n) is 14.7. The Labute approximate surface area is 154 Å². The molecular weight excluding hydrogens is 362 g/mol. The van der Waals surface area contributed by atoms with E-state index in [9.17, 15) is 17.6 Å². The third-order valence-electron chi connectivity index (χ3n) is 4.44. The van der Waals surface area contributed by atoms with Crippen LogP contribution in [-0.2, 0) is 11.0 Å². The monoisotopic (exact) mass is 381 g/mol. The van der Waals surface area contributed by atoms with Gasteiger partial charge in [0.1, 0.15) is 18.2 Å². The van der Waals surface area contributed by atoms with Gasteiger partial charge in [0, 0.05) is 5.92 Å². The maximum Gasteiger partial charge on any atom is 0.416 e. The van der Waals surface area contributed by atoms with Crippen LogP contribution in [0.5, 0.6) is 5.75 Å². The van der Waals surface area contributed by atoms with Gasteiger partial charge in [-0.15, -0.1) is 0 Å². The van der Waals surface area contributed by atoms with Crippen LogP contribution in [0.1, 0.15) is 30.4 Å². The number of hydrogen-bond acceptors (Lipinski definition) is 3. The molecule has 0 amide bonds. The molecule has 7 heteroatoms. The van der Waals surface area contributed by atoms with Gasteiger partial charge in [-0.25, -0.2) is 4.39 Å². The lowest BCUT2D eigenvalue weighted by Crippen LogP contribution is -2.08. The molecule has 0 aromatic heterocycles. The number of halogens is 4. The van der Waals surface area contributed by atoms with Crippen LogP contribution >= 0.6 is 0 Å². The van der Waals surface area contributed by atoms with Gasteiger partial charge in [-0.3, -0.25) is 0 Å². The summed E-state index contributed by atoms with van der Waals surface area (Å²) in [6.45, 7) is 2.08. The minimum Gasteiger partial charge on any atom is -0.490 e. The lowest BCUT2D eigenvalue weighted by molar-refractivity contribution is -0.137. The number of hydrogen-bond donors (Lipinski definition) is 0. The first-order valence-electron chi connectivity index (χ1n) is 8.56. The second-order valence-corrected chi connectivity index (χ2v) is 6.44. The largest absolute Gasteiger partial charge is 0.490 e. The molecule has 0 bridgehead atoms. The summed E-state index contributed by atoms with van der Waals surface area (Å²) >= 11 is 0. The average Bonchev–Trinajstić information content (AvgIpc) is 3.42. The highest BCUT2D eigenvalue weighted by Crippen LogP contribution is 2.48. The predicted octanol–water partition coefficient (Wildman–Crippen LogP) is 5.42. The van der Waals surface area contributed by atoms with Gasteiger partial charge in [0.25, 0.3) is 0 Å². The molecule has 3 rings (SSSR count). The third-order valence-corrected chi connectivity index (χ3v) is 4.44. The molecule has 2 atom stereocenters. The van der Waals surface area contributed by atoms with E-state index in [0.717, 1.165) is 29.8 Å². The van der Waals surface area contributed by atoms with Gasteiger partial charge in [-0.05, 0) is 55.2 Å². The van der Waals surface area contributed by atoms with Crippen molar-refractivity contribution in [1.82, 2.24) is 0 Å². The third kappa shape index (κ3) is 5.21. The molecule has 0 aliphatic heterocycles. The van der Waals surface area contributed by atoms with Crippen LogP contribution in [-0.4, -0.2) is 18.9 Å². The Morgan fingerprint density at radius 3 is 2.56 bits per heavy atom. The molecule has 2 aromatic rings. The molecule has 0 N–H and O–H groups in total. The second kappa shape index (κ2) is 7.98. The molecule has 144 valence electrons. The van der Waals surface area contributed by atoms with E-state index in [-0.39, 0.29) is 30.7 Å². The van der Waals surface area contributed by atoms with E-state index in [2.05, 4.69) is 5.16 Å². The first kappa shape index (κ1) is 19.2. The first-order chi connectivity index (χ1) is 12.8. The van der Waals surface area contributed by atoms with Gasteiger partial charge >= 0.3 is 6.18 Å². The second-order valence-electron chi connectivity index (χ2n) is 6.44. The van der Waals surface area contributed by atoms with Crippen molar-refractivity contribution in [3.8, 4) is 5.75 Å². The van der Waals surface area contributed by atoms with E-state index in [1.807, 2.05) is 6.92 Å². The van der Waals surface area contributed by atoms with Crippen LogP contribution in [0.4, 0.5) is 17.6 Å². The molecule has 0 spiro atoms. The Bertz CT molecular complexity index is 802. The summed E-state index contributed by atoms with van der Waals surface area (Å²) < 4.78 is 56.1. The molecule has 1 saturated carbocycles. The van der Waals surface area contributed by atoms with Crippen molar-refractivity contribution in [3.63, 3.8) is 0 Å². The fourth-order valence-electron chi connectivity index (χ4n) is 2.91. The zero-order chi connectivity index (χ0) is 19.4. The molecule has 1 fully saturated rings. The number of benzene rings is 2. The molecule has 0 radical (unpaired) electrons. The molecule has 2 unspecified atom stereocenters. The number of ether oxygens (including phenoxy) is 1. The summed E-state index contributed by atoms with van der Waals surface area (Å²) in [6.07, 6.45) is -3.46. The van der Waals surface area contributed by atoms with E-state index in [0.29, 0.717) is 5.92 Å². The molecule has 3 nitrogen and oxygen atoms in total. The summed E-state index contributed by atoms with van der Waals surface area (Å²) in [7, 11) is 0. The molecule has 1 aliphatic carbocycles. The lowest BCUT2D eigenvalue weighted by atomic mass is 10.1. The highest BCUT2D eigenvalue weighted by molar-refractivity contribution is 5.87. The quantitative estimate of drug-likeness (QED) is 0.278. The maximum absolute atomic E-state index is 13.0. The van der Waals surface area contributed by atoms with E-state index in [1.54, 1.807) is 12.1 Å². The van der Waals surface area contributed by atoms with E-state index >= 15 is 0 Å². The van der Waals surface area contributed by atoms with Gasteiger partial charge in [-0.1, -0.05) is 23.4 Å². The van der Waals surface area contributed by atoms with Crippen molar-refractivity contribution in [3.05, 3.63) is 65.5 Å². The van der Waals surface area contributed by atoms with Gasteiger partial charge in [0.15, 0.2) is 6.61 Å². The van der Waals surface area contributed by atoms with Gasteiger partial charge in [0.2, 0.25) is 0 Å². The first-order valence-corrected chi connectivity index (χ1v) is 8.56. The summed E-state index contributed by atoms with van der Waals surface area (Å²) in [4.78, 5) is 5.20. The van der Waals surface area contributed by atoms with Gasteiger partial charge in [-0.2, -0.15) is 13.2 Å². The molecule has 27 heavy (non-hydrogen) atoms. The Balaban J connectivity index is 1.42. The van der Waals surface area contributed by atoms with Crippen molar-refractivity contribution in [2.24, 2.45) is 11.1 Å². The van der Waals surface area contributed by atoms with Crippen molar-refractivity contribution < 1.29 is 27.1 Å². The van der Waals surface area contributed by atoms with E-state index in [1.165, 1.54) is 24.3 Å². The number of alkyl halides is 3. The maximum atomic E-state index is 13.0. The fraction of sp³-hybridized carbons (Fsp3) is 0.350. The number of nitrogens with zero attached hydrogens (tertiary/aromatic N) is 1. The summed E-state index contributed by atoms with van der Waals surface area (Å²) in [5.41, 5.74) is 1.16. The fourth-order valence-corrected chi connectivity index (χ4v) is 2.91. The zero-order valence-corrected chi connectivity index (χ0v) is 14.7. The molecule has 1 aliphatic rings. The topological polar surface area (TPSA) is 30.8 Å². The Hall–Kier alpha value is -2.57.